The number of sulfone groups is 1. The monoisotopic (exact) mass is 507 g/mol. The van der Waals surface area contributed by atoms with Gasteiger partial charge in [-0.2, -0.15) is 0 Å². The van der Waals surface area contributed by atoms with Gasteiger partial charge in [-0.05, 0) is 56.6 Å². The first-order valence-electron chi connectivity index (χ1n) is 12.2. The first kappa shape index (κ1) is 26.6. The molecule has 1 saturated heterocycles. The summed E-state index contributed by atoms with van der Waals surface area (Å²) >= 11 is 1.39. The Hall–Kier alpha value is -1.97. The zero-order valence-corrected chi connectivity index (χ0v) is 21.9. The van der Waals surface area contributed by atoms with E-state index in [4.69, 9.17) is 4.74 Å². The van der Waals surface area contributed by atoms with Gasteiger partial charge in [0.25, 0.3) is 0 Å². The molecule has 9 heteroatoms. The van der Waals surface area contributed by atoms with E-state index >= 15 is 0 Å². The molecule has 1 aromatic heterocycles. The molecular formula is C25H37N3O4S2. The molecule has 0 atom stereocenters. The fraction of sp³-hybridized carbons (Fsp3) is 0.600. The third kappa shape index (κ3) is 8.06. The average molecular weight is 508 g/mol. The Morgan fingerprint density at radius 1 is 1.12 bits per heavy atom. The third-order valence-corrected chi connectivity index (χ3v) is 9.43. The summed E-state index contributed by atoms with van der Waals surface area (Å²) in [6.45, 7) is 3.69. The van der Waals surface area contributed by atoms with Crippen molar-refractivity contribution >= 4 is 32.2 Å². The molecule has 1 fully saturated rings. The lowest BCUT2D eigenvalue weighted by Gasteiger charge is -2.31. The zero-order valence-electron chi connectivity index (χ0n) is 20.3. The maximum absolute atomic E-state index is 12.7. The SMILES string of the molecule is CCCCCCCCS(=O)(=O)C1CCN(CC(=O)Nc2nc(-c3ccc(OC)cc3)cs2)CC1. The van der Waals surface area contributed by atoms with Crippen molar-refractivity contribution < 1.29 is 17.9 Å². The highest BCUT2D eigenvalue weighted by molar-refractivity contribution is 7.92. The highest BCUT2D eigenvalue weighted by Crippen LogP contribution is 2.26. The lowest BCUT2D eigenvalue weighted by atomic mass is 10.1. The maximum Gasteiger partial charge on any atom is 0.240 e. The number of piperidine rings is 1. The number of amides is 1. The van der Waals surface area contributed by atoms with Crippen molar-refractivity contribution in [2.24, 2.45) is 0 Å². The van der Waals surface area contributed by atoms with E-state index in [-0.39, 0.29) is 17.7 Å². The van der Waals surface area contributed by atoms with Gasteiger partial charge in [-0.25, -0.2) is 13.4 Å². The second-order valence-electron chi connectivity index (χ2n) is 8.92. The fourth-order valence-electron chi connectivity index (χ4n) is 4.26. The predicted octanol–water partition coefficient (Wildman–Crippen LogP) is 5.00. The molecule has 7 nitrogen and oxygen atoms in total. The lowest BCUT2D eigenvalue weighted by Crippen LogP contribution is -2.43. The number of nitrogens with zero attached hydrogens (tertiary/aromatic N) is 2. The minimum absolute atomic E-state index is 0.121. The molecule has 1 amide bonds. The van der Waals surface area contributed by atoms with Crippen LogP contribution in [0, 0.1) is 0 Å². The van der Waals surface area contributed by atoms with Crippen molar-refractivity contribution in [3.63, 3.8) is 0 Å². The fourth-order valence-corrected chi connectivity index (χ4v) is 6.87. The largest absolute Gasteiger partial charge is 0.497 e. The van der Waals surface area contributed by atoms with Gasteiger partial charge in [0.2, 0.25) is 5.91 Å². The van der Waals surface area contributed by atoms with Gasteiger partial charge in [-0.15, -0.1) is 11.3 Å². The molecule has 0 spiro atoms. The van der Waals surface area contributed by atoms with E-state index in [2.05, 4.69) is 17.2 Å². The van der Waals surface area contributed by atoms with E-state index in [0.717, 1.165) is 36.3 Å². The molecule has 1 N–H and O–H groups in total. The molecule has 2 heterocycles. The number of hydrogen-bond donors (Lipinski definition) is 1. The molecular weight excluding hydrogens is 470 g/mol. The molecule has 0 saturated carbocycles. The Morgan fingerprint density at radius 3 is 2.47 bits per heavy atom. The number of ether oxygens (including phenoxy) is 1. The highest BCUT2D eigenvalue weighted by atomic mass is 32.2. The summed E-state index contributed by atoms with van der Waals surface area (Å²) in [5.74, 6) is 0.959. The molecule has 0 radical (unpaired) electrons. The van der Waals surface area contributed by atoms with Gasteiger partial charge < -0.3 is 10.1 Å². The van der Waals surface area contributed by atoms with E-state index in [1.807, 2.05) is 34.5 Å². The van der Waals surface area contributed by atoms with Crippen LogP contribution in [0.25, 0.3) is 11.3 Å². The smallest absolute Gasteiger partial charge is 0.240 e. The number of carbonyl (C=O) groups is 1. The van der Waals surface area contributed by atoms with Crippen molar-refractivity contribution in [1.82, 2.24) is 9.88 Å². The van der Waals surface area contributed by atoms with Gasteiger partial charge in [0.15, 0.2) is 15.0 Å². The standard InChI is InChI=1S/C25H37N3O4S2/c1-3-4-5-6-7-8-17-34(30,31)22-13-15-28(16-14-22)18-24(29)27-25-26-23(19-33-25)20-9-11-21(32-2)12-10-20/h9-12,19,22H,3-8,13-18H2,1-2H3,(H,26,27,29). The number of thiazole rings is 1. The number of methoxy groups -OCH3 is 1. The minimum atomic E-state index is -3.05. The van der Waals surface area contributed by atoms with Crippen LogP contribution in [-0.2, 0) is 14.6 Å². The summed E-state index contributed by atoms with van der Waals surface area (Å²) in [5, 5.41) is 5.08. The van der Waals surface area contributed by atoms with Gasteiger partial charge in [0.05, 0.1) is 30.4 Å². The van der Waals surface area contributed by atoms with Crippen LogP contribution in [0.4, 0.5) is 5.13 Å². The molecule has 2 aromatic rings. The van der Waals surface area contributed by atoms with Crippen molar-refractivity contribution in [2.75, 3.05) is 37.8 Å². The second kappa shape index (κ2) is 13.2. The Bertz CT molecular complexity index is 997. The van der Waals surface area contributed by atoms with Gasteiger partial charge in [-0.3, -0.25) is 9.69 Å². The van der Waals surface area contributed by atoms with Crippen LogP contribution in [0.15, 0.2) is 29.6 Å². The van der Waals surface area contributed by atoms with E-state index in [9.17, 15) is 13.2 Å². The number of hydrogen-bond acceptors (Lipinski definition) is 7. The van der Waals surface area contributed by atoms with Crippen LogP contribution in [-0.4, -0.2) is 62.0 Å². The van der Waals surface area contributed by atoms with Crippen LogP contribution in [0.3, 0.4) is 0 Å². The van der Waals surface area contributed by atoms with Gasteiger partial charge >= 0.3 is 0 Å². The van der Waals surface area contributed by atoms with E-state index in [0.29, 0.717) is 36.8 Å². The van der Waals surface area contributed by atoms with Crippen molar-refractivity contribution in [3.8, 4) is 17.0 Å². The molecule has 188 valence electrons. The number of carbonyl (C=O) groups excluding carboxylic acids is 1. The first-order chi connectivity index (χ1) is 16.4. The normalized spacial score (nSPS) is 15.4. The van der Waals surface area contributed by atoms with Crippen LogP contribution in [0.1, 0.15) is 58.3 Å². The molecule has 1 aliphatic heterocycles. The predicted molar refractivity (Wildman–Crippen MR) is 139 cm³/mol. The Labute approximate surface area is 207 Å². The zero-order chi connectivity index (χ0) is 24.4. The van der Waals surface area contributed by atoms with Crippen LogP contribution >= 0.6 is 11.3 Å². The number of nitrogens with one attached hydrogen (secondary N) is 1. The van der Waals surface area contributed by atoms with Crippen LogP contribution in [0.2, 0.25) is 0 Å². The van der Waals surface area contributed by atoms with Crippen LogP contribution in [0.5, 0.6) is 5.75 Å². The molecule has 3 rings (SSSR count). The molecule has 0 aliphatic carbocycles. The highest BCUT2D eigenvalue weighted by Gasteiger charge is 2.30. The Balaban J connectivity index is 1.39. The van der Waals surface area contributed by atoms with Crippen LogP contribution < -0.4 is 10.1 Å². The molecule has 0 unspecified atom stereocenters. The first-order valence-corrected chi connectivity index (χ1v) is 14.8. The molecule has 0 bridgehead atoms. The maximum atomic E-state index is 12.7. The number of aromatic nitrogens is 1. The van der Waals surface area contributed by atoms with Gasteiger partial charge in [0.1, 0.15) is 5.75 Å². The number of likely N-dealkylation sites (tertiary alicyclic amines) is 1. The van der Waals surface area contributed by atoms with Crippen molar-refractivity contribution in [3.05, 3.63) is 29.6 Å². The summed E-state index contributed by atoms with van der Waals surface area (Å²) in [4.78, 5) is 19.1. The number of anilines is 1. The Morgan fingerprint density at radius 2 is 1.79 bits per heavy atom. The lowest BCUT2D eigenvalue weighted by molar-refractivity contribution is -0.117. The van der Waals surface area contributed by atoms with Crippen molar-refractivity contribution in [2.45, 2.75) is 63.5 Å². The summed E-state index contributed by atoms with van der Waals surface area (Å²) in [5.41, 5.74) is 1.76. The summed E-state index contributed by atoms with van der Waals surface area (Å²) in [7, 11) is -1.42. The number of unbranched alkanes of at least 4 members (excludes halogenated alkanes) is 5. The van der Waals surface area contributed by atoms with E-state index < -0.39 is 9.84 Å². The second-order valence-corrected chi connectivity index (χ2v) is 12.2. The van der Waals surface area contributed by atoms with Gasteiger partial charge in [0, 0.05) is 10.9 Å². The van der Waals surface area contributed by atoms with E-state index in [1.165, 1.54) is 30.6 Å². The Kier molecular flexibility index (Phi) is 10.3. The third-order valence-electron chi connectivity index (χ3n) is 6.33. The van der Waals surface area contributed by atoms with E-state index in [1.54, 1.807) is 7.11 Å². The molecule has 1 aliphatic rings. The molecule has 34 heavy (non-hydrogen) atoms. The summed E-state index contributed by atoms with van der Waals surface area (Å²) in [6, 6.07) is 7.63. The summed E-state index contributed by atoms with van der Waals surface area (Å²) in [6.07, 6.45) is 7.71. The van der Waals surface area contributed by atoms with Crippen molar-refractivity contribution in [1.29, 1.82) is 0 Å². The van der Waals surface area contributed by atoms with Gasteiger partial charge in [-0.1, -0.05) is 39.0 Å². The number of rotatable bonds is 13. The topological polar surface area (TPSA) is 88.6 Å². The quantitative estimate of drug-likeness (QED) is 0.384. The number of benzene rings is 1. The summed E-state index contributed by atoms with van der Waals surface area (Å²) < 4.78 is 30.6. The molecule has 1 aromatic carbocycles. The minimum Gasteiger partial charge on any atom is -0.497 e. The average Bonchev–Trinajstić information content (AvgIpc) is 3.30.